The van der Waals surface area contributed by atoms with Crippen LogP contribution in [0.5, 0.6) is 0 Å². The van der Waals surface area contributed by atoms with Gasteiger partial charge in [-0.15, -0.1) is 0 Å². The molecule has 0 radical (unpaired) electrons. The maximum Gasteiger partial charge on any atom is 0.257 e. The van der Waals surface area contributed by atoms with Gasteiger partial charge in [0.1, 0.15) is 5.82 Å². The quantitative estimate of drug-likeness (QED) is 0.278. The molecule has 5 aliphatic rings. The molecule has 2 aromatic heterocycles. The molecule has 8 nitrogen and oxygen atoms in total. The van der Waals surface area contributed by atoms with E-state index in [1.165, 1.54) is 59.8 Å². The number of nitrogens with zero attached hydrogens (tertiary/aromatic N) is 6. The molecule has 1 aromatic carbocycles. The largest absolute Gasteiger partial charge is 0.352 e. The zero-order chi connectivity index (χ0) is 33.4. The van der Waals surface area contributed by atoms with Crippen molar-refractivity contribution in [2.45, 2.75) is 92.2 Å². The molecule has 3 aliphatic carbocycles. The van der Waals surface area contributed by atoms with Gasteiger partial charge in [0.25, 0.3) is 5.91 Å². The number of amidine groups is 2. The van der Waals surface area contributed by atoms with Crippen molar-refractivity contribution in [3.63, 3.8) is 0 Å². The molecule has 8 rings (SSSR count). The van der Waals surface area contributed by atoms with E-state index in [1.807, 2.05) is 12.1 Å². The molecule has 1 N–H and O–H groups in total. The number of carbonyl (C=O) groups is 1. The van der Waals surface area contributed by atoms with E-state index in [0.717, 1.165) is 65.2 Å². The summed E-state index contributed by atoms with van der Waals surface area (Å²) in [7, 11) is 1.73. The Hall–Kier alpha value is -3.72. The summed E-state index contributed by atoms with van der Waals surface area (Å²) in [6, 6.07) is 10.5. The van der Waals surface area contributed by atoms with Crippen molar-refractivity contribution in [1.82, 2.24) is 20.1 Å². The van der Waals surface area contributed by atoms with Crippen molar-refractivity contribution in [1.29, 1.82) is 0 Å². The summed E-state index contributed by atoms with van der Waals surface area (Å²) in [6.45, 7) is 13.7. The molecule has 1 amide bonds. The molecule has 4 heterocycles. The molecule has 0 saturated heterocycles. The first-order valence-corrected chi connectivity index (χ1v) is 18.6. The predicted molar refractivity (Wildman–Crippen MR) is 196 cm³/mol. The summed E-state index contributed by atoms with van der Waals surface area (Å²) in [4.78, 5) is 31.1. The smallest absolute Gasteiger partial charge is 0.257 e. The van der Waals surface area contributed by atoms with Crippen LogP contribution in [0.2, 0.25) is 0 Å². The first-order chi connectivity index (χ1) is 23.1. The van der Waals surface area contributed by atoms with Crippen LogP contribution >= 0.6 is 11.8 Å². The number of carbonyl (C=O) groups excluding carboxylic acids is 1. The molecule has 2 atom stereocenters. The SMILES string of the molecule is CC/C=C1/SC(NC(=O)c2cccc3c2CN(c2ccc(-c4cnn(CC5(C)CC6CC67CC7C5)c4C)c(C(C)C)n2)CC3)=NC1=NC. The summed E-state index contributed by atoms with van der Waals surface area (Å²) in [5.41, 5.74) is 8.77. The predicted octanol–water partition coefficient (Wildman–Crippen LogP) is 7.92. The number of amides is 1. The van der Waals surface area contributed by atoms with Crippen LogP contribution in [0, 0.1) is 29.6 Å². The fourth-order valence-corrected chi connectivity index (χ4v) is 10.0. The normalized spacial score (nSPS) is 28.7. The van der Waals surface area contributed by atoms with Crippen LogP contribution in [0.15, 0.2) is 57.5 Å². The van der Waals surface area contributed by atoms with Gasteiger partial charge in [0, 0.05) is 49.1 Å². The van der Waals surface area contributed by atoms with Gasteiger partial charge in [-0.3, -0.25) is 14.5 Å². The number of benzene rings is 1. The fourth-order valence-electron chi connectivity index (χ4n) is 9.05. The molecule has 1 spiro atoms. The van der Waals surface area contributed by atoms with Crippen LogP contribution in [-0.4, -0.2) is 45.3 Å². The maximum absolute atomic E-state index is 13.6. The number of aromatic nitrogens is 3. The summed E-state index contributed by atoms with van der Waals surface area (Å²) in [5, 5.41) is 8.58. The lowest BCUT2D eigenvalue weighted by molar-refractivity contribution is 0.0977. The highest BCUT2D eigenvalue weighted by atomic mass is 32.2. The average molecular weight is 662 g/mol. The Kier molecular flexibility index (Phi) is 7.70. The highest BCUT2D eigenvalue weighted by molar-refractivity contribution is 8.18. The molecular formula is C39H47N7OS. The minimum absolute atomic E-state index is 0.137. The van der Waals surface area contributed by atoms with Gasteiger partial charge in [0.05, 0.1) is 16.8 Å². The summed E-state index contributed by atoms with van der Waals surface area (Å²) >= 11 is 1.47. The Labute approximate surface area is 288 Å². The van der Waals surface area contributed by atoms with Crippen molar-refractivity contribution in [2.75, 3.05) is 18.5 Å². The number of hydrogen-bond acceptors (Lipinski definition) is 6. The van der Waals surface area contributed by atoms with E-state index in [0.29, 0.717) is 28.5 Å². The second-order valence-electron chi connectivity index (χ2n) is 15.4. The molecule has 3 saturated carbocycles. The third-order valence-electron chi connectivity index (χ3n) is 11.7. The van der Waals surface area contributed by atoms with Crippen molar-refractivity contribution in [2.24, 2.45) is 32.7 Å². The number of rotatable bonds is 7. The van der Waals surface area contributed by atoms with Gasteiger partial charge < -0.3 is 10.2 Å². The molecule has 2 aliphatic heterocycles. The van der Waals surface area contributed by atoms with E-state index >= 15 is 0 Å². The number of anilines is 1. The summed E-state index contributed by atoms with van der Waals surface area (Å²) in [6.07, 6.45) is 11.6. The van der Waals surface area contributed by atoms with Crippen LogP contribution in [0.4, 0.5) is 5.82 Å². The number of fused-ring (bicyclic) bond motifs is 1. The number of aliphatic imine (C=N–C) groups is 2. The van der Waals surface area contributed by atoms with Crippen molar-refractivity contribution >= 4 is 34.5 Å². The van der Waals surface area contributed by atoms with Gasteiger partial charge in [-0.2, -0.15) is 5.10 Å². The van der Waals surface area contributed by atoms with Gasteiger partial charge in [0.15, 0.2) is 11.0 Å². The highest BCUT2D eigenvalue weighted by Gasteiger charge is 2.73. The second-order valence-corrected chi connectivity index (χ2v) is 16.5. The van der Waals surface area contributed by atoms with Gasteiger partial charge in [-0.05, 0) is 115 Å². The van der Waals surface area contributed by atoms with Crippen LogP contribution in [0.25, 0.3) is 11.1 Å². The van der Waals surface area contributed by atoms with Crippen LogP contribution in [0.1, 0.15) is 98.6 Å². The Balaban J connectivity index is 1.02. The second kappa shape index (κ2) is 11.7. The Morgan fingerprint density at radius 1 is 1.15 bits per heavy atom. The Morgan fingerprint density at radius 2 is 1.94 bits per heavy atom. The first-order valence-electron chi connectivity index (χ1n) is 17.8. The lowest BCUT2D eigenvalue weighted by atomic mass is 9.75. The van der Waals surface area contributed by atoms with E-state index < -0.39 is 0 Å². The van der Waals surface area contributed by atoms with Gasteiger partial charge in [-0.25, -0.2) is 9.98 Å². The van der Waals surface area contributed by atoms with E-state index in [-0.39, 0.29) is 11.8 Å². The third-order valence-corrected chi connectivity index (χ3v) is 12.7. The molecule has 3 fully saturated rings. The Morgan fingerprint density at radius 3 is 2.67 bits per heavy atom. The molecule has 3 aromatic rings. The van der Waals surface area contributed by atoms with E-state index in [1.54, 1.807) is 7.05 Å². The van der Waals surface area contributed by atoms with E-state index in [9.17, 15) is 4.79 Å². The molecule has 2 unspecified atom stereocenters. The van der Waals surface area contributed by atoms with E-state index in [2.05, 4.69) is 90.0 Å². The lowest BCUT2D eigenvalue weighted by Gasteiger charge is -2.33. The highest BCUT2D eigenvalue weighted by Crippen LogP contribution is 2.81. The zero-order valence-corrected chi connectivity index (χ0v) is 30.0. The van der Waals surface area contributed by atoms with Crippen molar-refractivity contribution in [3.8, 4) is 11.1 Å². The number of thioether (sulfide) groups is 1. The number of hydrogen-bond donors (Lipinski definition) is 1. The number of pyridine rings is 1. The number of nitrogens with one attached hydrogen (secondary N) is 1. The molecule has 48 heavy (non-hydrogen) atoms. The molecule has 0 bridgehead atoms. The minimum Gasteiger partial charge on any atom is -0.352 e. The molecule has 250 valence electrons. The standard InChI is InChI=1S/C39H47N7OS/c1-7-9-32-35(40-6)43-37(48-32)44-36(47)29-11-8-10-25-14-15-45(21-31(25)29)33-13-12-28(34(42-33)23(2)3)30-20-41-46(24(30)4)22-38(5)16-26-18-39(26)19-27(39)17-38/h8-13,20,23,26-27H,7,14-19,21-22H2,1-6H3,(H,40,43,44,47)/b32-9+. The maximum atomic E-state index is 13.6. The van der Waals surface area contributed by atoms with Crippen molar-refractivity contribution < 1.29 is 4.79 Å². The van der Waals surface area contributed by atoms with Gasteiger partial charge in [0.2, 0.25) is 0 Å². The van der Waals surface area contributed by atoms with E-state index in [4.69, 9.17) is 10.1 Å². The Bertz CT molecular complexity index is 1880. The molecular weight excluding hydrogens is 615 g/mol. The first kappa shape index (κ1) is 31.5. The topological polar surface area (TPSA) is 87.8 Å². The average Bonchev–Trinajstić information content (AvgIpc) is 3.86. The van der Waals surface area contributed by atoms with Gasteiger partial charge >= 0.3 is 0 Å². The summed E-state index contributed by atoms with van der Waals surface area (Å²) in [5.74, 6) is 3.67. The minimum atomic E-state index is -0.137. The monoisotopic (exact) mass is 661 g/mol. The van der Waals surface area contributed by atoms with Gasteiger partial charge in [-0.1, -0.05) is 45.9 Å². The van der Waals surface area contributed by atoms with Crippen LogP contribution in [-0.2, 0) is 19.5 Å². The third kappa shape index (κ3) is 5.42. The van der Waals surface area contributed by atoms with Crippen LogP contribution < -0.4 is 10.2 Å². The zero-order valence-electron chi connectivity index (χ0n) is 29.1. The fraction of sp³-hybridized carbons (Fsp3) is 0.513. The number of allylic oxidation sites excluding steroid dienone is 1. The lowest BCUT2D eigenvalue weighted by Crippen LogP contribution is -2.35. The molecule has 9 heteroatoms. The summed E-state index contributed by atoms with van der Waals surface area (Å²) < 4.78 is 2.27. The van der Waals surface area contributed by atoms with Crippen molar-refractivity contribution in [3.05, 3.63) is 75.6 Å². The van der Waals surface area contributed by atoms with Crippen LogP contribution in [0.3, 0.4) is 0 Å².